The fourth-order valence-corrected chi connectivity index (χ4v) is 2.76. The summed E-state index contributed by atoms with van der Waals surface area (Å²) in [6.07, 6.45) is -0.910. The van der Waals surface area contributed by atoms with Crippen LogP contribution in [0.1, 0.15) is 9.80 Å². The summed E-state index contributed by atoms with van der Waals surface area (Å²) in [4.78, 5) is 25.3. The van der Waals surface area contributed by atoms with Crippen molar-refractivity contribution in [3.05, 3.63) is 33.7 Å². The highest BCUT2D eigenvalue weighted by Crippen LogP contribution is 2.34. The Balaban J connectivity index is 2.00. The maximum absolute atomic E-state index is 12.5. The quantitative estimate of drug-likeness (QED) is 0.891. The number of hydrogen-bond acceptors (Lipinski definition) is 6. The Morgan fingerprint density at radius 2 is 2.14 bits per heavy atom. The molecule has 0 bridgehead atoms. The van der Waals surface area contributed by atoms with E-state index in [1.807, 2.05) is 0 Å². The largest absolute Gasteiger partial charge is 0.477 e. The number of anilines is 1. The van der Waals surface area contributed by atoms with Crippen LogP contribution in [0, 0.1) is 0 Å². The zero-order chi connectivity index (χ0) is 15.0. The predicted molar refractivity (Wildman–Crippen MR) is 76.6 cm³/mol. The maximum atomic E-state index is 12.5. The number of para-hydroxylation sites is 2. The average Bonchev–Trinajstić information content (AvgIpc) is 2.92. The first-order chi connectivity index (χ1) is 10.1. The summed E-state index contributed by atoms with van der Waals surface area (Å²) in [6.45, 7) is 0.0162. The van der Waals surface area contributed by atoms with Gasteiger partial charge in [0.2, 0.25) is 9.47 Å². The van der Waals surface area contributed by atoms with Crippen molar-refractivity contribution in [1.82, 2.24) is 10.2 Å². The van der Waals surface area contributed by atoms with Crippen molar-refractivity contribution >= 4 is 40.4 Å². The summed E-state index contributed by atoms with van der Waals surface area (Å²) >= 11 is 6.67. The van der Waals surface area contributed by atoms with Gasteiger partial charge in [-0.3, -0.25) is 14.5 Å². The van der Waals surface area contributed by atoms with Gasteiger partial charge in [0.15, 0.2) is 6.10 Å². The molecule has 1 aliphatic rings. The van der Waals surface area contributed by atoms with Gasteiger partial charge in [-0.15, -0.1) is 10.2 Å². The minimum atomic E-state index is -0.910. The van der Waals surface area contributed by atoms with Gasteiger partial charge in [-0.1, -0.05) is 23.5 Å². The van der Waals surface area contributed by atoms with Crippen LogP contribution in [0.4, 0.5) is 5.69 Å². The SMILES string of the molecule is NC(=O)C1CN(C(=O)c2nnc(Cl)s2)c2ccccc2O1. The zero-order valence-electron chi connectivity index (χ0n) is 10.5. The lowest BCUT2D eigenvalue weighted by molar-refractivity contribution is -0.124. The monoisotopic (exact) mass is 324 g/mol. The highest BCUT2D eigenvalue weighted by atomic mass is 35.5. The number of nitrogens with zero attached hydrogens (tertiary/aromatic N) is 3. The molecule has 0 saturated heterocycles. The lowest BCUT2D eigenvalue weighted by Crippen LogP contribution is -2.49. The summed E-state index contributed by atoms with van der Waals surface area (Å²) in [6, 6.07) is 6.89. The molecule has 1 atom stereocenters. The van der Waals surface area contributed by atoms with Crippen LogP contribution < -0.4 is 15.4 Å². The third kappa shape index (κ3) is 2.55. The van der Waals surface area contributed by atoms with E-state index in [1.165, 1.54) is 4.90 Å². The molecule has 2 amide bonds. The molecule has 3 rings (SSSR count). The molecule has 108 valence electrons. The highest BCUT2D eigenvalue weighted by Gasteiger charge is 2.34. The van der Waals surface area contributed by atoms with Crippen LogP contribution in [0.5, 0.6) is 5.75 Å². The number of amides is 2. The van der Waals surface area contributed by atoms with Crippen LogP contribution in [0.25, 0.3) is 0 Å². The number of aromatic nitrogens is 2. The molecule has 2 aromatic rings. The Morgan fingerprint density at radius 1 is 1.38 bits per heavy atom. The average molecular weight is 325 g/mol. The molecule has 0 saturated carbocycles. The van der Waals surface area contributed by atoms with E-state index in [0.717, 1.165) is 11.3 Å². The minimum absolute atomic E-state index is 0.0162. The van der Waals surface area contributed by atoms with Crippen molar-refractivity contribution < 1.29 is 14.3 Å². The number of carbonyl (C=O) groups is 2. The van der Waals surface area contributed by atoms with Crippen molar-refractivity contribution in [3.63, 3.8) is 0 Å². The van der Waals surface area contributed by atoms with Crippen molar-refractivity contribution in [2.75, 3.05) is 11.4 Å². The number of halogens is 1. The van der Waals surface area contributed by atoms with Gasteiger partial charge in [0.25, 0.3) is 11.8 Å². The molecule has 7 nitrogen and oxygen atoms in total. The molecule has 0 spiro atoms. The smallest absolute Gasteiger partial charge is 0.289 e. The normalized spacial score (nSPS) is 17.0. The summed E-state index contributed by atoms with van der Waals surface area (Å²) in [7, 11) is 0. The van der Waals surface area contributed by atoms with Crippen molar-refractivity contribution in [1.29, 1.82) is 0 Å². The van der Waals surface area contributed by atoms with E-state index < -0.39 is 17.9 Å². The Bertz CT molecular complexity index is 720. The van der Waals surface area contributed by atoms with E-state index in [4.69, 9.17) is 22.1 Å². The second-order valence-corrected chi connectivity index (χ2v) is 5.81. The van der Waals surface area contributed by atoms with Crippen molar-refractivity contribution in [3.8, 4) is 5.75 Å². The van der Waals surface area contributed by atoms with Gasteiger partial charge in [0.05, 0.1) is 12.2 Å². The van der Waals surface area contributed by atoms with Gasteiger partial charge in [0.1, 0.15) is 5.75 Å². The fourth-order valence-electron chi connectivity index (χ4n) is 1.98. The molecule has 1 aliphatic heterocycles. The van der Waals surface area contributed by atoms with Crippen LogP contribution in [0.2, 0.25) is 4.47 Å². The van der Waals surface area contributed by atoms with Crippen LogP contribution >= 0.6 is 22.9 Å². The maximum Gasteiger partial charge on any atom is 0.289 e. The van der Waals surface area contributed by atoms with E-state index in [0.29, 0.717) is 11.4 Å². The second kappa shape index (κ2) is 5.30. The molecular weight excluding hydrogens is 316 g/mol. The number of benzene rings is 1. The van der Waals surface area contributed by atoms with Crippen LogP contribution in [0.3, 0.4) is 0 Å². The first kappa shape index (κ1) is 13.8. The zero-order valence-corrected chi connectivity index (χ0v) is 12.1. The van der Waals surface area contributed by atoms with Gasteiger partial charge in [0, 0.05) is 0 Å². The third-order valence-corrected chi connectivity index (χ3v) is 3.93. The molecule has 0 fully saturated rings. The molecule has 1 aromatic heterocycles. The summed E-state index contributed by atoms with van der Waals surface area (Å²) in [5.74, 6) is -0.629. The number of hydrogen-bond donors (Lipinski definition) is 1. The minimum Gasteiger partial charge on any atom is -0.477 e. The van der Waals surface area contributed by atoms with E-state index >= 15 is 0 Å². The molecule has 21 heavy (non-hydrogen) atoms. The number of nitrogens with two attached hydrogens (primary N) is 1. The molecule has 1 aromatic carbocycles. The standard InChI is InChI=1S/C12H9ClN4O3S/c13-12-16-15-10(21-12)11(19)17-5-8(9(14)18)20-7-4-2-1-3-6(7)17/h1-4,8H,5H2,(H2,14,18). The number of ether oxygens (including phenoxy) is 1. The van der Waals surface area contributed by atoms with Gasteiger partial charge in [-0.2, -0.15) is 0 Å². The summed E-state index contributed by atoms with van der Waals surface area (Å²) < 4.78 is 5.66. The summed E-state index contributed by atoms with van der Waals surface area (Å²) in [5, 5.41) is 7.47. The molecule has 9 heteroatoms. The van der Waals surface area contributed by atoms with E-state index in [9.17, 15) is 9.59 Å². The number of fused-ring (bicyclic) bond motifs is 1. The number of carbonyl (C=O) groups excluding carboxylic acids is 2. The number of primary amides is 1. The first-order valence-corrected chi connectivity index (χ1v) is 7.11. The second-order valence-electron chi connectivity index (χ2n) is 4.25. The Hall–Kier alpha value is -2.19. The van der Waals surface area contributed by atoms with Gasteiger partial charge >= 0.3 is 0 Å². The van der Waals surface area contributed by atoms with E-state index in [2.05, 4.69) is 10.2 Å². The van der Waals surface area contributed by atoms with Gasteiger partial charge < -0.3 is 10.5 Å². The fraction of sp³-hybridized carbons (Fsp3) is 0.167. The van der Waals surface area contributed by atoms with Crippen LogP contribution in [0.15, 0.2) is 24.3 Å². The van der Waals surface area contributed by atoms with Crippen molar-refractivity contribution in [2.24, 2.45) is 5.73 Å². The molecular formula is C12H9ClN4O3S. The Labute approximate surface area is 128 Å². The topological polar surface area (TPSA) is 98.4 Å². The van der Waals surface area contributed by atoms with Crippen LogP contribution in [-0.2, 0) is 4.79 Å². The predicted octanol–water partition coefficient (Wildman–Crippen LogP) is 1.08. The lowest BCUT2D eigenvalue weighted by Gasteiger charge is -2.32. The molecule has 2 heterocycles. The van der Waals surface area contributed by atoms with Gasteiger partial charge in [-0.25, -0.2) is 0 Å². The van der Waals surface area contributed by atoms with Gasteiger partial charge in [-0.05, 0) is 23.7 Å². The molecule has 2 N–H and O–H groups in total. The first-order valence-electron chi connectivity index (χ1n) is 5.92. The number of rotatable bonds is 2. The van der Waals surface area contributed by atoms with E-state index in [1.54, 1.807) is 24.3 Å². The van der Waals surface area contributed by atoms with Crippen LogP contribution in [-0.4, -0.2) is 34.7 Å². The molecule has 0 radical (unpaired) electrons. The Kier molecular flexibility index (Phi) is 3.48. The highest BCUT2D eigenvalue weighted by molar-refractivity contribution is 7.17. The Morgan fingerprint density at radius 3 is 2.81 bits per heavy atom. The van der Waals surface area contributed by atoms with E-state index in [-0.39, 0.29) is 16.0 Å². The third-order valence-electron chi connectivity index (χ3n) is 2.92. The molecule has 0 aliphatic carbocycles. The lowest BCUT2D eigenvalue weighted by atomic mass is 10.2. The summed E-state index contributed by atoms with van der Waals surface area (Å²) in [5.41, 5.74) is 5.83. The van der Waals surface area contributed by atoms with Crippen molar-refractivity contribution in [2.45, 2.75) is 6.10 Å². The molecule has 1 unspecified atom stereocenters.